The van der Waals surface area contributed by atoms with Crippen LogP contribution in [0.25, 0.3) is 0 Å². The van der Waals surface area contributed by atoms with Crippen LogP contribution < -0.4 is 19.9 Å². The van der Waals surface area contributed by atoms with E-state index < -0.39 is 17.4 Å². The van der Waals surface area contributed by atoms with Gasteiger partial charge in [-0.2, -0.15) is 18.2 Å². The first-order valence-electron chi connectivity index (χ1n) is 11.8. The maximum absolute atomic E-state index is 12.7. The molecule has 1 aliphatic rings. The van der Waals surface area contributed by atoms with E-state index in [0.29, 0.717) is 36.0 Å². The molecule has 0 radical (unpaired) electrons. The predicted octanol–water partition coefficient (Wildman–Crippen LogP) is 3.20. The second-order valence-corrected chi connectivity index (χ2v) is 9.30. The van der Waals surface area contributed by atoms with Crippen LogP contribution in [0.15, 0.2) is 30.7 Å². The molecule has 1 amide bonds. The molecule has 0 saturated heterocycles. The van der Waals surface area contributed by atoms with Crippen LogP contribution in [0.3, 0.4) is 0 Å². The standard InChI is InChI=1S/C24H27F3N8O3/c1-23(2,13-36)34(3)20-19-17(5-4-8-35(19)14-37)32-21(33-20)29-9-15-10-30-22(31-11-15)38-16-6-7-18(28-12-16)24(25,26)27/h6-7,10-12,14,36H,4-5,8-9,13H2,1-3H3,(H,29,32,33). The lowest BCUT2D eigenvalue weighted by Gasteiger charge is -2.38. The second-order valence-electron chi connectivity index (χ2n) is 9.30. The van der Waals surface area contributed by atoms with Crippen molar-refractivity contribution in [1.29, 1.82) is 0 Å². The number of carbonyl (C=O) groups is 1. The quantitative estimate of drug-likeness (QED) is 0.396. The fourth-order valence-corrected chi connectivity index (χ4v) is 3.68. The molecular formula is C24H27F3N8O3. The third-order valence-electron chi connectivity index (χ3n) is 6.15. The molecular weight excluding hydrogens is 505 g/mol. The maximum Gasteiger partial charge on any atom is 0.433 e. The number of likely N-dealkylation sites (N-methyl/N-ethyl adjacent to an activating group) is 1. The zero-order chi connectivity index (χ0) is 27.5. The van der Waals surface area contributed by atoms with Gasteiger partial charge >= 0.3 is 12.2 Å². The first kappa shape index (κ1) is 27.0. The predicted molar refractivity (Wildman–Crippen MR) is 132 cm³/mol. The van der Waals surface area contributed by atoms with Crippen molar-refractivity contribution in [2.45, 2.75) is 44.9 Å². The number of amides is 1. The van der Waals surface area contributed by atoms with Gasteiger partial charge < -0.3 is 25.0 Å². The molecule has 0 fully saturated rings. The van der Waals surface area contributed by atoms with Crippen LogP contribution in [-0.2, 0) is 23.9 Å². The van der Waals surface area contributed by atoms with E-state index in [2.05, 4.69) is 30.2 Å². The van der Waals surface area contributed by atoms with Crippen LogP contribution in [0.4, 0.5) is 30.6 Å². The summed E-state index contributed by atoms with van der Waals surface area (Å²) in [6.07, 6.45) is 1.61. The highest BCUT2D eigenvalue weighted by Gasteiger charge is 2.33. The number of ether oxygens (including phenoxy) is 1. The molecule has 0 saturated carbocycles. The van der Waals surface area contributed by atoms with Crippen molar-refractivity contribution >= 4 is 23.9 Å². The number of aromatic nitrogens is 5. The Balaban J connectivity index is 1.49. The lowest BCUT2D eigenvalue weighted by molar-refractivity contribution is -0.141. The number of hydrogen-bond acceptors (Lipinski definition) is 10. The van der Waals surface area contributed by atoms with Gasteiger partial charge in [-0.05, 0) is 38.8 Å². The summed E-state index contributed by atoms with van der Waals surface area (Å²) in [5.74, 6) is 0.926. The number of fused-ring (bicyclic) bond motifs is 1. The monoisotopic (exact) mass is 532 g/mol. The van der Waals surface area contributed by atoms with E-state index in [0.717, 1.165) is 36.9 Å². The van der Waals surface area contributed by atoms with Crippen molar-refractivity contribution in [2.24, 2.45) is 0 Å². The van der Waals surface area contributed by atoms with Gasteiger partial charge in [-0.15, -0.1) is 0 Å². The first-order valence-corrected chi connectivity index (χ1v) is 11.8. The van der Waals surface area contributed by atoms with Crippen molar-refractivity contribution in [3.05, 3.63) is 47.7 Å². The Morgan fingerprint density at radius 3 is 2.50 bits per heavy atom. The zero-order valence-electron chi connectivity index (χ0n) is 21.0. The molecule has 3 aromatic rings. The number of aliphatic hydroxyl groups is 1. The Bertz CT molecular complexity index is 1270. The summed E-state index contributed by atoms with van der Waals surface area (Å²) in [5.41, 5.74) is 0.358. The minimum Gasteiger partial charge on any atom is -0.423 e. The van der Waals surface area contributed by atoms with Crippen molar-refractivity contribution in [3.63, 3.8) is 0 Å². The number of alkyl halides is 3. The fourth-order valence-electron chi connectivity index (χ4n) is 3.68. The highest BCUT2D eigenvalue weighted by molar-refractivity contribution is 5.85. The number of anilines is 3. The van der Waals surface area contributed by atoms with Crippen molar-refractivity contribution in [3.8, 4) is 11.8 Å². The Kier molecular flexibility index (Phi) is 7.62. The molecule has 1 aliphatic heterocycles. The molecule has 0 atom stereocenters. The summed E-state index contributed by atoms with van der Waals surface area (Å²) in [6, 6.07) is 1.90. The minimum atomic E-state index is -4.54. The van der Waals surface area contributed by atoms with Crippen LogP contribution in [0, 0.1) is 0 Å². The number of aryl methyl sites for hydroxylation is 1. The van der Waals surface area contributed by atoms with Gasteiger partial charge in [0.05, 0.1) is 24.0 Å². The summed E-state index contributed by atoms with van der Waals surface area (Å²) < 4.78 is 43.4. The number of nitrogens with zero attached hydrogens (tertiary/aromatic N) is 7. The lowest BCUT2D eigenvalue weighted by atomic mass is 10.0. The molecule has 4 rings (SSSR count). The van der Waals surface area contributed by atoms with E-state index in [1.165, 1.54) is 12.4 Å². The van der Waals surface area contributed by atoms with E-state index in [1.807, 2.05) is 18.7 Å². The molecule has 0 bridgehead atoms. The second kappa shape index (κ2) is 10.7. The van der Waals surface area contributed by atoms with E-state index in [1.54, 1.807) is 11.9 Å². The highest BCUT2D eigenvalue weighted by Crippen LogP contribution is 2.37. The number of pyridine rings is 1. The van der Waals surface area contributed by atoms with Gasteiger partial charge in [0.15, 0.2) is 5.82 Å². The summed E-state index contributed by atoms with van der Waals surface area (Å²) in [7, 11) is 1.80. The van der Waals surface area contributed by atoms with Gasteiger partial charge in [0, 0.05) is 38.1 Å². The summed E-state index contributed by atoms with van der Waals surface area (Å²) >= 11 is 0. The van der Waals surface area contributed by atoms with Crippen LogP contribution in [-0.4, -0.2) is 62.2 Å². The zero-order valence-corrected chi connectivity index (χ0v) is 21.0. The van der Waals surface area contributed by atoms with Gasteiger partial charge in [0.2, 0.25) is 12.4 Å². The Labute approximate surface area is 216 Å². The molecule has 38 heavy (non-hydrogen) atoms. The Morgan fingerprint density at radius 1 is 1.16 bits per heavy atom. The topological polar surface area (TPSA) is 129 Å². The molecule has 2 N–H and O–H groups in total. The third kappa shape index (κ3) is 5.90. The molecule has 11 nitrogen and oxygen atoms in total. The van der Waals surface area contributed by atoms with E-state index in [4.69, 9.17) is 4.74 Å². The van der Waals surface area contributed by atoms with Crippen LogP contribution in [0.2, 0.25) is 0 Å². The first-order chi connectivity index (χ1) is 18.0. The molecule has 0 aromatic carbocycles. The van der Waals surface area contributed by atoms with E-state index in [9.17, 15) is 23.1 Å². The van der Waals surface area contributed by atoms with Crippen molar-refractivity contribution in [1.82, 2.24) is 24.9 Å². The van der Waals surface area contributed by atoms with Gasteiger partial charge in [-0.25, -0.2) is 19.9 Å². The maximum atomic E-state index is 12.7. The number of aliphatic hydroxyl groups excluding tert-OH is 1. The fraction of sp³-hybridized carbons (Fsp3) is 0.417. The van der Waals surface area contributed by atoms with Gasteiger partial charge in [0.1, 0.15) is 17.1 Å². The summed E-state index contributed by atoms with van der Waals surface area (Å²) in [5, 5.41) is 13.0. The molecule has 4 heterocycles. The number of nitrogens with one attached hydrogen (secondary N) is 1. The normalized spacial score (nSPS) is 13.6. The summed E-state index contributed by atoms with van der Waals surface area (Å²) in [4.78, 5) is 35.9. The molecule has 0 aliphatic carbocycles. The lowest BCUT2D eigenvalue weighted by Crippen LogP contribution is -2.46. The third-order valence-corrected chi connectivity index (χ3v) is 6.15. The molecule has 14 heteroatoms. The van der Waals surface area contributed by atoms with E-state index >= 15 is 0 Å². The largest absolute Gasteiger partial charge is 0.433 e. The van der Waals surface area contributed by atoms with Gasteiger partial charge in [-0.3, -0.25) is 4.79 Å². The van der Waals surface area contributed by atoms with Crippen LogP contribution in [0.1, 0.15) is 37.2 Å². The van der Waals surface area contributed by atoms with Crippen molar-refractivity contribution < 1.29 is 27.8 Å². The number of carbonyl (C=O) groups excluding carboxylic acids is 1. The average Bonchev–Trinajstić information content (AvgIpc) is 2.91. The SMILES string of the molecule is CN(c1nc(NCc2cnc(Oc3ccc(C(F)(F)F)nc3)nc2)nc2c1N(C=O)CCC2)C(C)(C)CO. The average molecular weight is 533 g/mol. The van der Waals surface area contributed by atoms with E-state index in [-0.39, 0.29) is 24.9 Å². The van der Waals surface area contributed by atoms with Crippen LogP contribution in [0.5, 0.6) is 11.8 Å². The Hall–Kier alpha value is -4.07. The molecule has 202 valence electrons. The smallest absolute Gasteiger partial charge is 0.423 e. The van der Waals surface area contributed by atoms with Crippen LogP contribution >= 0.6 is 0 Å². The molecule has 0 spiro atoms. The van der Waals surface area contributed by atoms with Crippen molar-refractivity contribution in [2.75, 3.05) is 35.3 Å². The van der Waals surface area contributed by atoms with Gasteiger partial charge in [0.25, 0.3) is 0 Å². The molecule has 3 aromatic heterocycles. The Morgan fingerprint density at radius 2 is 1.89 bits per heavy atom. The summed E-state index contributed by atoms with van der Waals surface area (Å²) in [6.45, 7) is 4.43. The minimum absolute atomic E-state index is 0.0514. The highest BCUT2D eigenvalue weighted by atomic mass is 19.4. The number of hydrogen-bond donors (Lipinski definition) is 2. The van der Waals surface area contributed by atoms with Gasteiger partial charge in [-0.1, -0.05) is 0 Å². The molecule has 0 unspecified atom stereocenters. The number of rotatable bonds is 9. The number of halogens is 3.